The molecule has 2 rings (SSSR count). The predicted molar refractivity (Wildman–Crippen MR) is 65.7 cm³/mol. The van der Waals surface area contributed by atoms with E-state index in [1.54, 1.807) is 38.1 Å². The maximum absolute atomic E-state index is 13.1. The summed E-state index contributed by atoms with van der Waals surface area (Å²) in [6.07, 6.45) is -0.378. The number of alkyl halides is 2. The molecule has 0 saturated carbocycles. The monoisotopic (exact) mass is 263 g/mol. The Morgan fingerprint density at radius 3 is 2.58 bits per heavy atom. The van der Waals surface area contributed by atoms with Crippen molar-refractivity contribution < 1.29 is 18.3 Å². The molecule has 0 saturated heterocycles. The molecule has 0 N–H and O–H groups in total. The normalized spacial score (nSPS) is 17.2. The van der Waals surface area contributed by atoms with Gasteiger partial charge in [0.1, 0.15) is 0 Å². The molecule has 0 fully saturated rings. The summed E-state index contributed by atoms with van der Waals surface area (Å²) in [4.78, 5) is 0. The van der Waals surface area contributed by atoms with E-state index in [0.717, 1.165) is 0 Å². The highest BCUT2D eigenvalue weighted by molar-refractivity contribution is 5.86. The number of hydrogen-bond donors (Lipinski definition) is 0. The highest BCUT2D eigenvalue weighted by Gasteiger charge is 2.44. The number of fused-ring (bicyclic) bond motifs is 1. The van der Waals surface area contributed by atoms with E-state index in [-0.39, 0.29) is 11.5 Å². The summed E-state index contributed by atoms with van der Waals surface area (Å²) >= 11 is 0. The third-order valence-corrected chi connectivity index (χ3v) is 2.71. The van der Waals surface area contributed by atoms with Crippen molar-refractivity contribution in [3.8, 4) is 17.6 Å². The molecule has 0 aromatic heterocycles. The first kappa shape index (κ1) is 13.1. The van der Waals surface area contributed by atoms with E-state index in [1.165, 1.54) is 6.07 Å². The van der Waals surface area contributed by atoms with Crippen molar-refractivity contribution >= 4 is 5.57 Å². The molecule has 1 aromatic rings. The molecule has 0 unspecified atom stereocenters. The summed E-state index contributed by atoms with van der Waals surface area (Å²) in [5, 5.41) is 9.06. The largest absolute Gasteiger partial charge is 0.586 e. The molecular weight excluding hydrogens is 252 g/mol. The van der Waals surface area contributed by atoms with Gasteiger partial charge in [0.05, 0.1) is 11.6 Å². The Kier molecular flexibility index (Phi) is 3.26. The number of nitriles is 1. The van der Waals surface area contributed by atoms with Crippen LogP contribution in [0.5, 0.6) is 11.5 Å². The fourth-order valence-electron chi connectivity index (χ4n) is 1.92. The van der Waals surface area contributed by atoms with E-state index in [9.17, 15) is 8.78 Å². The fourth-order valence-corrected chi connectivity index (χ4v) is 1.92. The van der Waals surface area contributed by atoms with Crippen LogP contribution in [0.25, 0.3) is 5.57 Å². The van der Waals surface area contributed by atoms with Gasteiger partial charge in [-0.05, 0) is 25.5 Å². The summed E-state index contributed by atoms with van der Waals surface area (Å²) in [5.74, 6) is -0.0783. The Morgan fingerprint density at radius 2 is 2.00 bits per heavy atom. The predicted octanol–water partition coefficient (Wildman–Crippen LogP) is 3.88. The smallest absolute Gasteiger partial charge is 0.395 e. The lowest BCUT2D eigenvalue weighted by Crippen LogP contribution is -2.26. The molecule has 5 heteroatoms. The van der Waals surface area contributed by atoms with Gasteiger partial charge in [0.2, 0.25) is 0 Å². The van der Waals surface area contributed by atoms with Crippen LogP contribution in [-0.2, 0) is 0 Å². The minimum absolute atomic E-state index is 0.0322. The van der Waals surface area contributed by atoms with Crippen LogP contribution in [0.1, 0.15) is 19.4 Å². The Morgan fingerprint density at radius 1 is 1.26 bits per heavy atom. The van der Waals surface area contributed by atoms with Crippen LogP contribution in [-0.4, -0.2) is 6.29 Å². The van der Waals surface area contributed by atoms with Crippen molar-refractivity contribution in [2.75, 3.05) is 0 Å². The van der Waals surface area contributed by atoms with Gasteiger partial charge in [-0.25, -0.2) is 0 Å². The minimum atomic E-state index is -3.67. The highest BCUT2D eigenvalue weighted by atomic mass is 19.3. The van der Waals surface area contributed by atoms with Crippen LogP contribution in [0.4, 0.5) is 8.78 Å². The van der Waals surface area contributed by atoms with Crippen LogP contribution >= 0.6 is 0 Å². The van der Waals surface area contributed by atoms with Gasteiger partial charge in [-0.3, -0.25) is 0 Å². The number of nitrogens with zero attached hydrogens (tertiary/aromatic N) is 1. The number of halogens is 2. The third-order valence-electron chi connectivity index (χ3n) is 2.71. The van der Waals surface area contributed by atoms with Gasteiger partial charge in [0.25, 0.3) is 0 Å². The summed E-state index contributed by atoms with van der Waals surface area (Å²) in [7, 11) is 0. The Hall–Kier alpha value is -2.35. The second kappa shape index (κ2) is 4.73. The Bertz CT molecular complexity index is 612. The van der Waals surface area contributed by atoms with Crippen LogP contribution in [0.15, 0.2) is 35.9 Å². The first-order chi connectivity index (χ1) is 9.02. The molecule has 1 aromatic carbocycles. The molecule has 0 radical (unpaired) electrons. The van der Waals surface area contributed by atoms with E-state index >= 15 is 0 Å². The first-order valence-electron chi connectivity index (χ1n) is 5.64. The maximum Gasteiger partial charge on any atom is 0.586 e. The molecule has 0 aliphatic carbocycles. The second-order valence-corrected chi connectivity index (χ2v) is 3.82. The maximum atomic E-state index is 13.1. The van der Waals surface area contributed by atoms with Gasteiger partial charge in [-0.2, -0.15) is 5.26 Å². The molecule has 3 nitrogen and oxygen atoms in total. The third kappa shape index (κ3) is 2.29. The number of ether oxygens (including phenoxy) is 2. The molecule has 1 aliphatic rings. The zero-order valence-corrected chi connectivity index (χ0v) is 10.4. The lowest BCUT2D eigenvalue weighted by atomic mass is 9.97. The number of benzene rings is 1. The van der Waals surface area contributed by atoms with Crippen LogP contribution in [0.2, 0.25) is 0 Å². The standard InChI is InChI=1S/C14H11F2NO2/c1-3-9(8-17)10(4-2)11-6-5-7-12-13(11)19-14(15,16)18-12/h3-7H,1-2H3/b9-3-,10-4+. The number of allylic oxidation sites excluding steroid dienone is 4. The molecule has 0 bridgehead atoms. The summed E-state index contributed by atoms with van der Waals surface area (Å²) in [5.41, 5.74) is 1.32. The fraction of sp³-hybridized carbons (Fsp3) is 0.214. The van der Waals surface area contributed by atoms with Crippen molar-refractivity contribution in [3.05, 3.63) is 41.5 Å². The van der Waals surface area contributed by atoms with Crippen LogP contribution in [0, 0.1) is 11.3 Å². The van der Waals surface area contributed by atoms with Gasteiger partial charge in [0.15, 0.2) is 11.5 Å². The van der Waals surface area contributed by atoms with Gasteiger partial charge in [-0.1, -0.05) is 24.3 Å². The highest BCUT2D eigenvalue weighted by Crippen LogP contribution is 2.46. The molecule has 0 atom stereocenters. The van der Waals surface area contributed by atoms with Crippen LogP contribution in [0.3, 0.4) is 0 Å². The van der Waals surface area contributed by atoms with Crippen molar-refractivity contribution in [2.45, 2.75) is 20.1 Å². The van der Waals surface area contributed by atoms with Crippen molar-refractivity contribution in [1.29, 1.82) is 5.26 Å². The van der Waals surface area contributed by atoms with Crippen LogP contribution < -0.4 is 9.47 Å². The molecule has 1 aliphatic heterocycles. The Labute approximate surface area is 109 Å². The topological polar surface area (TPSA) is 42.2 Å². The molecule has 98 valence electrons. The van der Waals surface area contributed by atoms with E-state index < -0.39 is 6.29 Å². The number of para-hydroxylation sites is 1. The zero-order chi connectivity index (χ0) is 14.0. The van der Waals surface area contributed by atoms with E-state index in [2.05, 4.69) is 9.47 Å². The quantitative estimate of drug-likeness (QED) is 0.600. The minimum Gasteiger partial charge on any atom is -0.395 e. The lowest BCUT2D eigenvalue weighted by Gasteiger charge is -2.09. The average molecular weight is 263 g/mol. The summed E-state index contributed by atoms with van der Waals surface area (Å²) in [6, 6.07) is 6.61. The molecule has 0 spiro atoms. The molecule has 0 amide bonds. The van der Waals surface area contributed by atoms with Crippen molar-refractivity contribution in [3.63, 3.8) is 0 Å². The Balaban J connectivity index is 2.56. The first-order valence-corrected chi connectivity index (χ1v) is 5.64. The summed E-state index contributed by atoms with van der Waals surface area (Å²) < 4.78 is 35.1. The van der Waals surface area contributed by atoms with Gasteiger partial charge in [-0.15, -0.1) is 8.78 Å². The van der Waals surface area contributed by atoms with Gasteiger partial charge >= 0.3 is 6.29 Å². The van der Waals surface area contributed by atoms with E-state index in [4.69, 9.17) is 5.26 Å². The average Bonchev–Trinajstić information content (AvgIpc) is 2.69. The van der Waals surface area contributed by atoms with Crippen molar-refractivity contribution in [2.24, 2.45) is 0 Å². The second-order valence-electron chi connectivity index (χ2n) is 3.82. The molecule has 19 heavy (non-hydrogen) atoms. The van der Waals surface area contributed by atoms with E-state index in [1.807, 2.05) is 6.07 Å². The summed E-state index contributed by atoms with van der Waals surface area (Å²) in [6.45, 7) is 3.43. The molecular formula is C14H11F2NO2. The molecule has 1 heterocycles. The lowest BCUT2D eigenvalue weighted by molar-refractivity contribution is -0.286. The number of rotatable bonds is 2. The number of hydrogen-bond acceptors (Lipinski definition) is 3. The zero-order valence-electron chi connectivity index (χ0n) is 10.4. The SMILES string of the molecule is C/C=C(C#N)\C(=C/C)c1cccc2c1OC(F)(F)O2. The van der Waals surface area contributed by atoms with Gasteiger partial charge in [0, 0.05) is 5.56 Å². The van der Waals surface area contributed by atoms with Crippen molar-refractivity contribution in [1.82, 2.24) is 0 Å². The van der Waals surface area contributed by atoms with Gasteiger partial charge < -0.3 is 9.47 Å². The van der Waals surface area contributed by atoms with E-state index in [0.29, 0.717) is 16.7 Å².